The van der Waals surface area contributed by atoms with Gasteiger partial charge < -0.3 is 23.4 Å². The summed E-state index contributed by atoms with van der Waals surface area (Å²) in [6.45, 7) is 17.4. The van der Waals surface area contributed by atoms with Gasteiger partial charge in [0.05, 0.1) is 25.4 Å². The molecular formula is C31H52O6Si. The van der Waals surface area contributed by atoms with E-state index in [9.17, 15) is 4.79 Å². The van der Waals surface area contributed by atoms with Crippen LogP contribution in [0.1, 0.15) is 99.0 Å². The molecule has 0 saturated carbocycles. The summed E-state index contributed by atoms with van der Waals surface area (Å²) in [6, 6.07) is 10.3. The Hall–Kier alpha value is -1.25. The van der Waals surface area contributed by atoms with Crippen LogP contribution >= 0.6 is 0 Å². The Morgan fingerprint density at radius 2 is 1.66 bits per heavy atom. The van der Waals surface area contributed by atoms with Crippen LogP contribution in [-0.2, 0) is 34.8 Å². The highest BCUT2D eigenvalue weighted by molar-refractivity contribution is 6.77. The molecule has 216 valence electrons. The van der Waals surface area contributed by atoms with Crippen molar-refractivity contribution >= 4 is 14.3 Å². The molecule has 2 fully saturated rings. The van der Waals surface area contributed by atoms with E-state index in [1.807, 2.05) is 18.2 Å². The maximum absolute atomic E-state index is 11.8. The minimum atomic E-state index is -1.96. The number of rotatable bonds is 14. The van der Waals surface area contributed by atoms with Gasteiger partial charge >= 0.3 is 5.97 Å². The zero-order chi connectivity index (χ0) is 27.8. The van der Waals surface area contributed by atoms with Gasteiger partial charge in [0.1, 0.15) is 6.10 Å². The third kappa shape index (κ3) is 8.37. The molecule has 4 atom stereocenters. The highest BCUT2D eigenvalue weighted by Crippen LogP contribution is 2.45. The summed E-state index contributed by atoms with van der Waals surface area (Å²) < 4.78 is 31.6. The van der Waals surface area contributed by atoms with Gasteiger partial charge in [0.15, 0.2) is 14.1 Å². The average Bonchev–Trinajstić information content (AvgIpc) is 3.22. The van der Waals surface area contributed by atoms with Gasteiger partial charge in [0, 0.05) is 32.8 Å². The average molecular weight is 549 g/mol. The van der Waals surface area contributed by atoms with Crippen LogP contribution in [0.3, 0.4) is 0 Å². The van der Waals surface area contributed by atoms with Crippen LogP contribution in [0.5, 0.6) is 0 Å². The fourth-order valence-corrected chi connectivity index (χ4v) is 12.3. The van der Waals surface area contributed by atoms with Crippen molar-refractivity contribution in [3.05, 3.63) is 35.9 Å². The van der Waals surface area contributed by atoms with E-state index in [0.717, 1.165) is 45.1 Å². The molecule has 1 spiro atoms. The monoisotopic (exact) mass is 548 g/mol. The molecule has 1 aromatic carbocycles. The number of hydrogen-bond acceptors (Lipinski definition) is 6. The number of hydrogen-bond donors (Lipinski definition) is 0. The molecule has 38 heavy (non-hydrogen) atoms. The number of carbonyl (C=O) groups is 1. The summed E-state index contributed by atoms with van der Waals surface area (Å²) in [6.07, 6.45) is 5.78. The predicted octanol–water partition coefficient (Wildman–Crippen LogP) is 7.55. The van der Waals surface area contributed by atoms with E-state index < -0.39 is 14.1 Å². The molecular weight excluding hydrogens is 496 g/mol. The van der Waals surface area contributed by atoms with E-state index in [1.165, 1.54) is 12.5 Å². The molecule has 2 aliphatic rings. The van der Waals surface area contributed by atoms with Crippen LogP contribution in [0.2, 0.25) is 16.6 Å². The number of benzene rings is 1. The van der Waals surface area contributed by atoms with E-state index >= 15 is 0 Å². The van der Waals surface area contributed by atoms with Gasteiger partial charge in [-0.3, -0.25) is 4.79 Å². The van der Waals surface area contributed by atoms with Crippen molar-refractivity contribution in [3.63, 3.8) is 0 Å². The maximum Gasteiger partial charge on any atom is 0.302 e. The Morgan fingerprint density at radius 1 is 1.00 bits per heavy atom. The van der Waals surface area contributed by atoms with Gasteiger partial charge in [-0.25, -0.2) is 0 Å². The van der Waals surface area contributed by atoms with Crippen molar-refractivity contribution in [1.82, 2.24) is 0 Å². The highest BCUT2D eigenvalue weighted by atomic mass is 28.4. The predicted molar refractivity (Wildman–Crippen MR) is 153 cm³/mol. The minimum absolute atomic E-state index is 0.0114. The first kappa shape index (κ1) is 31.3. The topological polar surface area (TPSA) is 63.2 Å². The van der Waals surface area contributed by atoms with Crippen LogP contribution in [0.25, 0.3) is 0 Å². The SMILES string of the molecule is CC(=O)O[C@H]1C[C@H](CCCCOCc2ccccc2)O[C@]2(CC[C@@H](CO[Si](C(C)C)(C(C)C)C(C)C)O2)C1. The van der Waals surface area contributed by atoms with Crippen molar-refractivity contribution in [2.75, 3.05) is 13.2 Å². The lowest BCUT2D eigenvalue weighted by molar-refractivity contribution is -0.290. The summed E-state index contributed by atoms with van der Waals surface area (Å²) in [5.74, 6) is -0.918. The summed E-state index contributed by atoms with van der Waals surface area (Å²) in [4.78, 5) is 11.8. The highest BCUT2D eigenvalue weighted by Gasteiger charge is 2.50. The van der Waals surface area contributed by atoms with Gasteiger partial charge in [0.25, 0.3) is 0 Å². The van der Waals surface area contributed by atoms with Gasteiger partial charge in [-0.15, -0.1) is 0 Å². The molecule has 0 bridgehead atoms. The smallest absolute Gasteiger partial charge is 0.302 e. The molecule has 0 amide bonds. The third-order valence-corrected chi connectivity index (χ3v) is 14.5. The molecule has 0 aromatic heterocycles. The second kappa shape index (κ2) is 14.4. The van der Waals surface area contributed by atoms with E-state index in [4.69, 9.17) is 23.4 Å². The fourth-order valence-electron chi connectivity index (χ4n) is 6.86. The standard InChI is InChI=1S/C31H52O6Si/c1-23(2)38(24(3)4,25(5)6)34-22-29-16-17-31(37-29)20-30(35-26(7)32)19-28(36-31)15-11-12-18-33-21-27-13-9-8-10-14-27/h8-10,13-14,23-25,28-30H,11-12,15-22H2,1-7H3/t28-,29-,30-,31-/m0/s1. The van der Waals surface area contributed by atoms with E-state index in [2.05, 4.69) is 53.7 Å². The number of esters is 1. The Balaban J connectivity index is 1.52. The molecule has 0 aliphatic carbocycles. The normalized spacial score (nSPS) is 26.1. The molecule has 0 radical (unpaired) electrons. The minimum Gasteiger partial charge on any atom is -0.462 e. The number of unbranched alkanes of at least 4 members (excludes halogenated alkanes) is 1. The molecule has 0 unspecified atom stereocenters. The first-order valence-electron chi connectivity index (χ1n) is 14.8. The first-order valence-corrected chi connectivity index (χ1v) is 17.0. The van der Waals surface area contributed by atoms with Crippen LogP contribution in [0.15, 0.2) is 30.3 Å². The largest absolute Gasteiger partial charge is 0.462 e. The molecule has 2 aliphatic heterocycles. The quantitative estimate of drug-likeness (QED) is 0.136. The van der Waals surface area contributed by atoms with Gasteiger partial charge in [-0.05, 0) is 47.9 Å². The lowest BCUT2D eigenvalue weighted by atomic mass is 9.93. The third-order valence-electron chi connectivity index (χ3n) is 8.41. The van der Waals surface area contributed by atoms with Gasteiger partial charge in [0.2, 0.25) is 0 Å². The van der Waals surface area contributed by atoms with Crippen molar-refractivity contribution in [2.24, 2.45) is 0 Å². The Kier molecular flexibility index (Phi) is 11.9. The van der Waals surface area contributed by atoms with Crippen molar-refractivity contribution < 1.29 is 28.2 Å². The molecule has 7 heteroatoms. The fraction of sp³-hybridized carbons (Fsp3) is 0.774. The molecule has 2 heterocycles. The van der Waals surface area contributed by atoms with Gasteiger partial charge in [-0.2, -0.15) is 0 Å². The lowest BCUT2D eigenvalue weighted by Crippen LogP contribution is -2.50. The number of carbonyl (C=O) groups excluding carboxylic acids is 1. The van der Waals surface area contributed by atoms with E-state index in [0.29, 0.717) is 36.3 Å². The molecule has 6 nitrogen and oxygen atoms in total. The molecule has 1 aromatic rings. The Bertz CT molecular complexity index is 822. The maximum atomic E-state index is 11.8. The van der Waals surface area contributed by atoms with Crippen LogP contribution < -0.4 is 0 Å². The summed E-state index contributed by atoms with van der Waals surface area (Å²) >= 11 is 0. The molecule has 0 N–H and O–H groups in total. The van der Waals surface area contributed by atoms with Crippen LogP contribution in [0, 0.1) is 0 Å². The summed E-state index contributed by atoms with van der Waals surface area (Å²) in [5.41, 5.74) is 2.82. The van der Waals surface area contributed by atoms with Crippen molar-refractivity contribution in [2.45, 2.75) is 141 Å². The second-order valence-corrected chi connectivity index (χ2v) is 17.7. The van der Waals surface area contributed by atoms with Gasteiger partial charge in [-0.1, -0.05) is 71.9 Å². The Labute approximate surface area is 232 Å². The van der Waals surface area contributed by atoms with E-state index in [1.54, 1.807) is 0 Å². The zero-order valence-corrected chi connectivity index (χ0v) is 25.9. The van der Waals surface area contributed by atoms with Crippen LogP contribution in [0.4, 0.5) is 0 Å². The Morgan fingerprint density at radius 3 is 2.29 bits per heavy atom. The lowest BCUT2D eigenvalue weighted by Gasteiger charge is -2.43. The first-order chi connectivity index (χ1) is 18.1. The van der Waals surface area contributed by atoms with Crippen molar-refractivity contribution in [1.29, 1.82) is 0 Å². The summed E-state index contributed by atoms with van der Waals surface area (Å²) in [7, 11) is -1.96. The molecule has 3 rings (SSSR count). The van der Waals surface area contributed by atoms with Crippen LogP contribution in [-0.4, -0.2) is 51.6 Å². The second-order valence-electron chi connectivity index (χ2n) is 12.3. The molecule has 2 saturated heterocycles. The summed E-state index contributed by atoms with van der Waals surface area (Å²) in [5, 5.41) is 0. The number of ether oxygens (including phenoxy) is 4. The zero-order valence-electron chi connectivity index (χ0n) is 24.9. The van der Waals surface area contributed by atoms with E-state index in [-0.39, 0.29) is 24.3 Å². The van der Waals surface area contributed by atoms with Crippen molar-refractivity contribution in [3.8, 4) is 0 Å².